The first-order valence-corrected chi connectivity index (χ1v) is 6.18. The summed E-state index contributed by atoms with van der Waals surface area (Å²) in [6, 6.07) is 0. The van der Waals surface area contributed by atoms with E-state index in [2.05, 4.69) is 4.74 Å². The predicted octanol–water partition coefficient (Wildman–Crippen LogP) is -0.532. The van der Waals surface area contributed by atoms with Crippen molar-refractivity contribution in [3.63, 3.8) is 0 Å². The summed E-state index contributed by atoms with van der Waals surface area (Å²) < 4.78 is 33.6. The Morgan fingerprint density at radius 1 is 1.00 bits per heavy atom. The SMILES string of the molecule is CC(=O)OC1O[C@H](CO)[C@@H](OC(C)=O)[C@H](OC(C)=O)[C@@H]1F. The Balaban J connectivity index is 3.01. The predicted molar refractivity (Wildman–Crippen MR) is 63.5 cm³/mol. The molecule has 21 heavy (non-hydrogen) atoms. The van der Waals surface area contributed by atoms with Gasteiger partial charge in [0, 0.05) is 20.8 Å². The zero-order valence-corrected chi connectivity index (χ0v) is 11.8. The Kier molecular flexibility index (Phi) is 6.03. The Hall–Kier alpha value is -1.74. The fourth-order valence-corrected chi connectivity index (χ4v) is 1.93. The van der Waals surface area contributed by atoms with Crippen molar-refractivity contribution >= 4 is 17.9 Å². The highest BCUT2D eigenvalue weighted by Crippen LogP contribution is 2.29. The molecule has 1 rings (SSSR count). The number of ether oxygens (including phenoxy) is 4. The molecule has 5 atom stereocenters. The fraction of sp³-hybridized carbons (Fsp3) is 0.750. The van der Waals surface area contributed by atoms with Crippen molar-refractivity contribution in [2.75, 3.05) is 6.61 Å². The van der Waals surface area contributed by atoms with Gasteiger partial charge in [0.05, 0.1) is 6.61 Å². The zero-order valence-electron chi connectivity index (χ0n) is 11.8. The maximum absolute atomic E-state index is 14.3. The van der Waals surface area contributed by atoms with E-state index >= 15 is 0 Å². The van der Waals surface area contributed by atoms with Gasteiger partial charge in [-0.25, -0.2) is 4.39 Å². The normalized spacial score (nSPS) is 32.1. The Bertz CT molecular complexity index is 412. The lowest BCUT2D eigenvalue weighted by atomic mass is 9.99. The average molecular weight is 308 g/mol. The van der Waals surface area contributed by atoms with Crippen molar-refractivity contribution in [3.8, 4) is 0 Å². The second-order valence-electron chi connectivity index (χ2n) is 4.43. The van der Waals surface area contributed by atoms with E-state index in [1.165, 1.54) is 0 Å². The number of carbonyl (C=O) groups is 3. The summed E-state index contributed by atoms with van der Waals surface area (Å²) in [6.45, 7) is 2.51. The minimum Gasteiger partial charge on any atom is -0.456 e. The van der Waals surface area contributed by atoms with Gasteiger partial charge in [-0.05, 0) is 0 Å². The molecule has 1 aliphatic heterocycles. The molecular weight excluding hydrogens is 291 g/mol. The van der Waals surface area contributed by atoms with Gasteiger partial charge >= 0.3 is 17.9 Å². The van der Waals surface area contributed by atoms with Crippen molar-refractivity contribution in [2.45, 2.75) is 51.5 Å². The molecule has 9 heteroatoms. The van der Waals surface area contributed by atoms with Gasteiger partial charge in [0.1, 0.15) is 6.10 Å². The number of aliphatic hydroxyl groups excluding tert-OH is 1. The highest BCUT2D eigenvalue weighted by atomic mass is 19.1. The largest absolute Gasteiger partial charge is 0.456 e. The number of hydrogen-bond acceptors (Lipinski definition) is 8. The van der Waals surface area contributed by atoms with Crippen LogP contribution in [-0.4, -0.2) is 60.4 Å². The molecule has 0 spiro atoms. The first kappa shape index (κ1) is 17.3. The van der Waals surface area contributed by atoms with Crippen LogP contribution in [-0.2, 0) is 33.3 Å². The molecule has 1 aliphatic rings. The highest BCUT2D eigenvalue weighted by Gasteiger charge is 2.51. The molecule has 8 nitrogen and oxygen atoms in total. The minimum atomic E-state index is -2.06. The highest BCUT2D eigenvalue weighted by molar-refractivity contribution is 5.68. The van der Waals surface area contributed by atoms with E-state index in [0.717, 1.165) is 20.8 Å². The van der Waals surface area contributed by atoms with Crippen LogP contribution in [0.25, 0.3) is 0 Å². The lowest BCUT2D eigenvalue weighted by molar-refractivity contribution is -0.284. The molecular formula is C12H17FO8. The molecule has 1 saturated heterocycles. The molecule has 0 aromatic rings. The van der Waals surface area contributed by atoms with Crippen molar-refractivity contribution in [2.24, 2.45) is 0 Å². The number of rotatable bonds is 4. The monoisotopic (exact) mass is 308 g/mol. The van der Waals surface area contributed by atoms with Crippen LogP contribution in [0.1, 0.15) is 20.8 Å². The van der Waals surface area contributed by atoms with E-state index in [1.54, 1.807) is 0 Å². The van der Waals surface area contributed by atoms with Gasteiger partial charge in [-0.1, -0.05) is 0 Å². The second kappa shape index (κ2) is 7.32. The zero-order chi connectivity index (χ0) is 16.2. The summed E-state index contributed by atoms with van der Waals surface area (Å²) in [7, 11) is 0. The van der Waals surface area contributed by atoms with E-state index in [0.29, 0.717) is 0 Å². The van der Waals surface area contributed by atoms with Gasteiger partial charge in [0.25, 0.3) is 0 Å². The number of alkyl halides is 1. The van der Waals surface area contributed by atoms with Gasteiger partial charge in [-0.3, -0.25) is 14.4 Å². The molecule has 0 bridgehead atoms. The molecule has 120 valence electrons. The summed E-state index contributed by atoms with van der Waals surface area (Å²) in [5.74, 6) is -2.40. The second-order valence-corrected chi connectivity index (χ2v) is 4.43. The van der Waals surface area contributed by atoms with E-state index in [9.17, 15) is 23.9 Å². The molecule has 1 heterocycles. The summed E-state index contributed by atoms with van der Waals surface area (Å²) in [4.78, 5) is 33.1. The lowest BCUT2D eigenvalue weighted by Gasteiger charge is -2.41. The van der Waals surface area contributed by atoms with Crippen LogP contribution in [0.2, 0.25) is 0 Å². The summed E-state index contributed by atoms with van der Waals surface area (Å²) in [6.07, 6.45) is -7.84. The van der Waals surface area contributed by atoms with Crippen LogP contribution in [0.5, 0.6) is 0 Å². The Labute approximate surface area is 120 Å². The number of halogens is 1. The van der Waals surface area contributed by atoms with Crippen LogP contribution in [0.15, 0.2) is 0 Å². The molecule has 1 unspecified atom stereocenters. The van der Waals surface area contributed by atoms with E-state index in [1.807, 2.05) is 0 Å². The fourth-order valence-electron chi connectivity index (χ4n) is 1.93. The third-order valence-corrected chi connectivity index (χ3v) is 2.64. The van der Waals surface area contributed by atoms with Gasteiger partial charge in [0.2, 0.25) is 12.5 Å². The van der Waals surface area contributed by atoms with Crippen molar-refractivity contribution in [1.82, 2.24) is 0 Å². The average Bonchev–Trinajstić information content (AvgIpc) is 2.35. The maximum Gasteiger partial charge on any atom is 0.305 e. The topological polar surface area (TPSA) is 108 Å². The van der Waals surface area contributed by atoms with E-state index in [4.69, 9.17) is 14.2 Å². The molecule has 0 aromatic carbocycles. The molecule has 0 amide bonds. The Morgan fingerprint density at radius 2 is 1.48 bits per heavy atom. The van der Waals surface area contributed by atoms with Crippen LogP contribution in [0.3, 0.4) is 0 Å². The Morgan fingerprint density at radius 3 is 1.90 bits per heavy atom. The number of carbonyl (C=O) groups excluding carboxylic acids is 3. The van der Waals surface area contributed by atoms with Gasteiger partial charge < -0.3 is 24.1 Å². The van der Waals surface area contributed by atoms with Crippen LogP contribution in [0, 0.1) is 0 Å². The third kappa shape index (κ3) is 4.64. The van der Waals surface area contributed by atoms with Gasteiger partial charge in [0.15, 0.2) is 12.2 Å². The first-order valence-electron chi connectivity index (χ1n) is 6.18. The van der Waals surface area contributed by atoms with Crippen LogP contribution in [0.4, 0.5) is 4.39 Å². The van der Waals surface area contributed by atoms with Crippen LogP contribution >= 0.6 is 0 Å². The van der Waals surface area contributed by atoms with Crippen molar-refractivity contribution < 1.29 is 42.8 Å². The molecule has 1 N–H and O–H groups in total. The van der Waals surface area contributed by atoms with Gasteiger partial charge in [-0.2, -0.15) is 0 Å². The number of aliphatic hydroxyl groups is 1. The molecule has 0 radical (unpaired) electrons. The lowest BCUT2D eigenvalue weighted by Crippen LogP contribution is -2.60. The number of esters is 3. The maximum atomic E-state index is 14.3. The van der Waals surface area contributed by atoms with E-state index < -0.39 is 55.3 Å². The summed E-state index contributed by atoms with van der Waals surface area (Å²) >= 11 is 0. The van der Waals surface area contributed by atoms with Gasteiger partial charge in [-0.15, -0.1) is 0 Å². The third-order valence-electron chi connectivity index (χ3n) is 2.64. The molecule has 0 aliphatic carbocycles. The number of hydrogen-bond donors (Lipinski definition) is 1. The smallest absolute Gasteiger partial charge is 0.305 e. The standard InChI is InChI=1S/C12H17FO8/c1-5(15)18-10-8(4-14)21-12(20-7(3)17)9(13)11(10)19-6(2)16/h8-12,14H,4H2,1-3H3/t8-,9+,10-,11-,12?/m1/s1. The van der Waals surface area contributed by atoms with Crippen molar-refractivity contribution in [1.29, 1.82) is 0 Å². The summed E-state index contributed by atoms with van der Waals surface area (Å²) in [5, 5.41) is 9.24. The first-order chi connectivity index (χ1) is 9.76. The summed E-state index contributed by atoms with van der Waals surface area (Å²) in [5.41, 5.74) is 0. The molecule has 0 aromatic heterocycles. The minimum absolute atomic E-state index is 0.653. The van der Waals surface area contributed by atoms with Crippen LogP contribution < -0.4 is 0 Å². The quantitative estimate of drug-likeness (QED) is 0.545. The van der Waals surface area contributed by atoms with Crippen molar-refractivity contribution in [3.05, 3.63) is 0 Å². The molecule has 0 saturated carbocycles. The molecule has 1 fully saturated rings. The van der Waals surface area contributed by atoms with E-state index in [-0.39, 0.29) is 0 Å².